The van der Waals surface area contributed by atoms with Gasteiger partial charge in [-0.25, -0.2) is 19.4 Å². The summed E-state index contributed by atoms with van der Waals surface area (Å²) >= 11 is 0. The lowest BCUT2D eigenvalue weighted by atomic mass is 9.90. The molecule has 0 spiro atoms. The van der Waals surface area contributed by atoms with E-state index in [4.69, 9.17) is 4.98 Å². The molecule has 1 aliphatic heterocycles. The molecule has 4 heterocycles. The number of hydrogen-bond acceptors (Lipinski definition) is 5. The lowest BCUT2D eigenvalue weighted by molar-refractivity contribution is 0.252. The van der Waals surface area contributed by atoms with E-state index in [0.29, 0.717) is 18.3 Å². The van der Waals surface area contributed by atoms with Crippen LogP contribution in [0.4, 0.5) is 16.3 Å². The number of amides is 2. The number of aryl methyl sites for hydroxylation is 1. The van der Waals surface area contributed by atoms with Crippen LogP contribution >= 0.6 is 0 Å². The Hall–Kier alpha value is -3.42. The molecule has 0 unspecified atom stereocenters. The maximum atomic E-state index is 11.7. The number of carbonyl (C=O) groups is 1. The van der Waals surface area contributed by atoms with Crippen molar-refractivity contribution in [2.24, 2.45) is 5.92 Å². The fourth-order valence-corrected chi connectivity index (χ4v) is 4.11. The summed E-state index contributed by atoms with van der Waals surface area (Å²) in [6.07, 6.45) is 8.68. The van der Waals surface area contributed by atoms with E-state index >= 15 is 0 Å². The van der Waals surface area contributed by atoms with Gasteiger partial charge < -0.3 is 10.2 Å². The molecule has 0 radical (unpaired) electrons. The van der Waals surface area contributed by atoms with Gasteiger partial charge in [-0.05, 0) is 74.9 Å². The number of carbonyl (C=O) groups excluding carboxylic acids is 1. The number of piperidine rings is 1. The van der Waals surface area contributed by atoms with Crippen molar-refractivity contribution < 1.29 is 4.79 Å². The molecule has 3 aromatic rings. The van der Waals surface area contributed by atoms with Gasteiger partial charge in [-0.1, -0.05) is 0 Å². The second-order valence-corrected chi connectivity index (χ2v) is 7.89. The number of anilines is 2. The second-order valence-electron chi connectivity index (χ2n) is 7.89. The summed E-state index contributed by atoms with van der Waals surface area (Å²) in [7, 11) is 0. The van der Waals surface area contributed by atoms with E-state index in [-0.39, 0.29) is 6.03 Å². The van der Waals surface area contributed by atoms with Gasteiger partial charge in [0.05, 0.1) is 11.4 Å². The highest BCUT2D eigenvalue weighted by Gasteiger charge is 2.21. The highest BCUT2D eigenvalue weighted by molar-refractivity contribution is 5.88. The molecular weight excluding hydrogens is 390 g/mol. The van der Waals surface area contributed by atoms with Crippen molar-refractivity contribution in [2.75, 3.05) is 29.9 Å². The number of aromatic nitrogens is 4. The Labute approximate surface area is 182 Å². The van der Waals surface area contributed by atoms with E-state index in [9.17, 15) is 4.79 Å². The van der Waals surface area contributed by atoms with E-state index in [2.05, 4.69) is 38.6 Å². The van der Waals surface area contributed by atoms with Gasteiger partial charge in [-0.2, -0.15) is 5.10 Å². The number of urea groups is 1. The quantitative estimate of drug-likeness (QED) is 0.638. The number of pyridine rings is 2. The molecule has 0 saturated carbocycles. The van der Waals surface area contributed by atoms with Crippen molar-refractivity contribution in [3.05, 3.63) is 60.2 Å². The minimum Gasteiger partial charge on any atom is -0.370 e. The van der Waals surface area contributed by atoms with Crippen LogP contribution in [-0.4, -0.2) is 45.4 Å². The average Bonchev–Trinajstić information content (AvgIpc) is 3.30. The standard InChI is InChI=1S/C23H29N7O/c1-3-24-23(31)28-21-16-19(7-11-25-21)15-18-8-13-29(14-9-18)20-5-6-22(27-17(20)2)30-12-4-10-26-30/h4-7,10-12,16,18H,3,8-9,13-15H2,1-2H3,(H2,24,25,28,31). The molecule has 2 amide bonds. The van der Waals surface area contributed by atoms with Crippen LogP contribution in [0.3, 0.4) is 0 Å². The first-order chi connectivity index (χ1) is 15.1. The molecule has 8 nitrogen and oxygen atoms in total. The number of nitrogens with one attached hydrogen (secondary N) is 2. The lowest BCUT2D eigenvalue weighted by Gasteiger charge is -2.34. The molecule has 1 saturated heterocycles. The third-order valence-electron chi connectivity index (χ3n) is 5.67. The summed E-state index contributed by atoms with van der Waals surface area (Å²) in [4.78, 5) is 23.1. The van der Waals surface area contributed by atoms with Crippen LogP contribution in [-0.2, 0) is 6.42 Å². The van der Waals surface area contributed by atoms with Crippen LogP contribution in [0.15, 0.2) is 48.9 Å². The van der Waals surface area contributed by atoms with Gasteiger partial charge >= 0.3 is 6.03 Å². The van der Waals surface area contributed by atoms with E-state index in [1.54, 1.807) is 17.1 Å². The van der Waals surface area contributed by atoms with E-state index in [0.717, 1.165) is 43.9 Å². The van der Waals surface area contributed by atoms with Gasteiger partial charge in [-0.3, -0.25) is 5.32 Å². The Morgan fingerprint density at radius 2 is 2.03 bits per heavy atom. The molecule has 162 valence electrons. The Balaban J connectivity index is 1.33. The zero-order valence-corrected chi connectivity index (χ0v) is 18.1. The van der Waals surface area contributed by atoms with Crippen LogP contribution in [0.2, 0.25) is 0 Å². The summed E-state index contributed by atoms with van der Waals surface area (Å²) in [5.74, 6) is 2.06. The maximum Gasteiger partial charge on any atom is 0.320 e. The zero-order chi connectivity index (χ0) is 21.6. The predicted octanol–water partition coefficient (Wildman–Crippen LogP) is 3.57. The van der Waals surface area contributed by atoms with Crippen molar-refractivity contribution in [3.8, 4) is 5.82 Å². The molecule has 8 heteroatoms. The summed E-state index contributed by atoms with van der Waals surface area (Å²) in [6, 6.07) is 9.88. The van der Waals surface area contributed by atoms with Gasteiger partial charge in [0.1, 0.15) is 5.82 Å². The zero-order valence-electron chi connectivity index (χ0n) is 18.1. The average molecular weight is 420 g/mol. The Morgan fingerprint density at radius 1 is 1.19 bits per heavy atom. The topological polar surface area (TPSA) is 88.0 Å². The van der Waals surface area contributed by atoms with Crippen LogP contribution in [0.25, 0.3) is 5.82 Å². The second kappa shape index (κ2) is 9.59. The molecular formula is C23H29N7O. The number of hydrogen-bond donors (Lipinski definition) is 2. The first-order valence-electron chi connectivity index (χ1n) is 10.8. The van der Waals surface area contributed by atoms with Crippen LogP contribution in [0.5, 0.6) is 0 Å². The van der Waals surface area contributed by atoms with Crippen molar-refractivity contribution in [1.29, 1.82) is 0 Å². The van der Waals surface area contributed by atoms with E-state index in [1.807, 2.05) is 37.4 Å². The first kappa shape index (κ1) is 20.8. The molecule has 3 aromatic heterocycles. The van der Waals surface area contributed by atoms with Gasteiger partial charge in [0, 0.05) is 38.2 Å². The number of rotatable bonds is 6. The summed E-state index contributed by atoms with van der Waals surface area (Å²) in [5, 5.41) is 9.77. The van der Waals surface area contributed by atoms with Gasteiger partial charge in [0.15, 0.2) is 5.82 Å². The van der Waals surface area contributed by atoms with Crippen LogP contribution in [0, 0.1) is 12.8 Å². The fourth-order valence-electron chi connectivity index (χ4n) is 4.11. The van der Waals surface area contributed by atoms with E-state index < -0.39 is 0 Å². The maximum absolute atomic E-state index is 11.7. The van der Waals surface area contributed by atoms with Crippen LogP contribution in [0.1, 0.15) is 31.0 Å². The van der Waals surface area contributed by atoms with Gasteiger partial charge in [0.25, 0.3) is 0 Å². The highest BCUT2D eigenvalue weighted by atomic mass is 16.2. The smallest absolute Gasteiger partial charge is 0.320 e. The molecule has 31 heavy (non-hydrogen) atoms. The minimum absolute atomic E-state index is 0.219. The number of nitrogens with zero attached hydrogens (tertiary/aromatic N) is 5. The first-order valence-corrected chi connectivity index (χ1v) is 10.8. The van der Waals surface area contributed by atoms with Crippen molar-refractivity contribution in [2.45, 2.75) is 33.1 Å². The monoisotopic (exact) mass is 419 g/mol. The summed E-state index contributed by atoms with van der Waals surface area (Å²) < 4.78 is 1.78. The third kappa shape index (κ3) is 5.20. The SMILES string of the molecule is CCNC(=O)Nc1cc(CC2CCN(c3ccc(-n4cccn4)nc3C)CC2)ccn1. The normalized spacial score (nSPS) is 14.5. The molecule has 0 atom stereocenters. The lowest BCUT2D eigenvalue weighted by Crippen LogP contribution is -2.35. The molecule has 2 N–H and O–H groups in total. The minimum atomic E-state index is -0.219. The Kier molecular flexibility index (Phi) is 6.45. The van der Waals surface area contributed by atoms with Crippen molar-refractivity contribution in [1.82, 2.24) is 25.1 Å². The Bertz CT molecular complexity index is 1010. The Morgan fingerprint density at radius 3 is 2.74 bits per heavy atom. The molecule has 1 aliphatic rings. The summed E-state index contributed by atoms with van der Waals surface area (Å²) in [5.41, 5.74) is 3.44. The molecule has 0 aromatic carbocycles. The van der Waals surface area contributed by atoms with E-state index in [1.165, 1.54) is 11.3 Å². The van der Waals surface area contributed by atoms with Crippen molar-refractivity contribution in [3.63, 3.8) is 0 Å². The largest absolute Gasteiger partial charge is 0.370 e. The molecule has 4 rings (SSSR count). The summed E-state index contributed by atoms with van der Waals surface area (Å²) in [6.45, 7) is 6.58. The van der Waals surface area contributed by atoms with Gasteiger partial charge in [0.2, 0.25) is 0 Å². The molecule has 1 fully saturated rings. The van der Waals surface area contributed by atoms with Gasteiger partial charge in [-0.15, -0.1) is 0 Å². The molecule has 0 bridgehead atoms. The predicted molar refractivity (Wildman–Crippen MR) is 122 cm³/mol. The fraction of sp³-hybridized carbons (Fsp3) is 0.391. The van der Waals surface area contributed by atoms with Crippen LogP contribution < -0.4 is 15.5 Å². The molecule has 0 aliphatic carbocycles. The van der Waals surface area contributed by atoms with Crippen molar-refractivity contribution >= 4 is 17.5 Å². The third-order valence-corrected chi connectivity index (χ3v) is 5.67. The highest BCUT2D eigenvalue weighted by Crippen LogP contribution is 2.28.